The van der Waals surface area contributed by atoms with Gasteiger partial charge < -0.3 is 11.1 Å². The summed E-state index contributed by atoms with van der Waals surface area (Å²) < 4.78 is 0. The molecule has 3 N–H and O–H groups in total. The number of non-ortho nitro benzene ring substituents is 1. The smallest absolute Gasteiger partial charge is 0.269 e. The fourth-order valence-electron chi connectivity index (χ4n) is 3.17. The van der Waals surface area contributed by atoms with Crippen LogP contribution in [0.1, 0.15) is 28.7 Å². The Hall–Kier alpha value is -3.43. The highest BCUT2D eigenvalue weighted by Crippen LogP contribution is 2.34. The van der Waals surface area contributed by atoms with E-state index in [1.54, 1.807) is 12.1 Å². The van der Waals surface area contributed by atoms with Crippen molar-refractivity contribution in [2.24, 2.45) is 0 Å². The van der Waals surface area contributed by atoms with E-state index >= 15 is 0 Å². The second-order valence-corrected chi connectivity index (χ2v) is 9.23. The van der Waals surface area contributed by atoms with Crippen LogP contribution in [0.3, 0.4) is 0 Å². The molecule has 2 aromatic heterocycles. The van der Waals surface area contributed by atoms with Crippen molar-refractivity contribution in [1.82, 2.24) is 4.98 Å². The first-order chi connectivity index (χ1) is 15.4. The van der Waals surface area contributed by atoms with E-state index in [4.69, 9.17) is 5.73 Å². The lowest BCUT2D eigenvalue weighted by Gasteiger charge is -2.06. The van der Waals surface area contributed by atoms with Gasteiger partial charge in [0.25, 0.3) is 11.6 Å². The zero-order valence-electron chi connectivity index (χ0n) is 17.2. The Morgan fingerprint density at radius 1 is 1.09 bits per heavy atom. The Balaban J connectivity index is 1.45. The number of aryl methyl sites for hydroxylation is 1. The summed E-state index contributed by atoms with van der Waals surface area (Å²) in [4.78, 5) is 30.8. The highest BCUT2D eigenvalue weighted by Gasteiger charge is 2.18. The number of pyridine rings is 1. The van der Waals surface area contributed by atoms with E-state index in [2.05, 4.69) is 17.2 Å². The quantitative estimate of drug-likeness (QED) is 0.251. The molecular weight excluding hydrogens is 444 g/mol. The monoisotopic (exact) mass is 464 g/mol. The Bertz CT molecular complexity index is 1290. The van der Waals surface area contributed by atoms with E-state index in [9.17, 15) is 14.9 Å². The van der Waals surface area contributed by atoms with E-state index in [1.165, 1.54) is 35.2 Å². The number of anilines is 2. The maximum Gasteiger partial charge on any atom is 0.269 e. The molecule has 9 heteroatoms. The van der Waals surface area contributed by atoms with Crippen LogP contribution in [0, 0.1) is 10.1 Å². The van der Waals surface area contributed by atoms with Crippen LogP contribution < -0.4 is 11.1 Å². The molecule has 4 aromatic rings. The van der Waals surface area contributed by atoms with Gasteiger partial charge in [0, 0.05) is 38.7 Å². The second kappa shape index (κ2) is 9.37. The van der Waals surface area contributed by atoms with Crippen LogP contribution in [-0.4, -0.2) is 15.8 Å². The van der Waals surface area contributed by atoms with Gasteiger partial charge in [0.15, 0.2) is 0 Å². The number of amides is 1. The molecule has 0 aliphatic carbocycles. The molecule has 0 saturated heterocycles. The number of nitrogens with one attached hydrogen (secondary N) is 1. The molecule has 0 unspecified atom stereocenters. The average Bonchev–Trinajstić information content (AvgIpc) is 3.12. The zero-order valence-corrected chi connectivity index (χ0v) is 18.8. The highest BCUT2D eigenvalue weighted by molar-refractivity contribution is 7.99. The number of carbonyl (C=O) groups is 1. The minimum Gasteiger partial charge on any atom is -0.397 e. The molecule has 0 aliphatic heterocycles. The van der Waals surface area contributed by atoms with Crippen LogP contribution in [0.5, 0.6) is 0 Å². The summed E-state index contributed by atoms with van der Waals surface area (Å²) in [7, 11) is 0. The van der Waals surface area contributed by atoms with Crippen molar-refractivity contribution in [1.29, 1.82) is 0 Å². The molecule has 0 atom stereocenters. The summed E-state index contributed by atoms with van der Waals surface area (Å²) >= 11 is 2.78. The number of nitro benzene ring substituents is 1. The fourth-order valence-corrected chi connectivity index (χ4v) is 4.99. The third kappa shape index (κ3) is 4.74. The summed E-state index contributed by atoms with van der Waals surface area (Å²) in [6.45, 7) is 2.10. The molecule has 1 amide bonds. The van der Waals surface area contributed by atoms with Gasteiger partial charge in [-0.1, -0.05) is 25.1 Å². The third-order valence-corrected chi connectivity index (χ3v) is 6.89. The number of nitrogens with zero attached hydrogens (tertiary/aromatic N) is 2. The molecular formula is C23H20N4O3S2. The second-order valence-electron chi connectivity index (χ2n) is 7.08. The molecule has 4 rings (SSSR count). The maximum absolute atomic E-state index is 12.8. The minimum atomic E-state index is -0.421. The van der Waals surface area contributed by atoms with Crippen molar-refractivity contribution in [3.05, 3.63) is 81.3 Å². The Morgan fingerprint density at radius 2 is 1.75 bits per heavy atom. The van der Waals surface area contributed by atoms with E-state index in [-0.39, 0.29) is 11.6 Å². The van der Waals surface area contributed by atoms with Crippen molar-refractivity contribution in [3.8, 4) is 0 Å². The van der Waals surface area contributed by atoms with Gasteiger partial charge in [0.2, 0.25) is 0 Å². The summed E-state index contributed by atoms with van der Waals surface area (Å²) in [5.74, 6) is -0.265. The van der Waals surface area contributed by atoms with Gasteiger partial charge in [-0.2, -0.15) is 0 Å². The van der Waals surface area contributed by atoms with Crippen molar-refractivity contribution in [2.45, 2.75) is 29.6 Å². The molecule has 0 saturated carbocycles. The lowest BCUT2D eigenvalue weighted by Crippen LogP contribution is -2.11. The van der Waals surface area contributed by atoms with Gasteiger partial charge in [-0.05, 0) is 55.0 Å². The van der Waals surface area contributed by atoms with E-state index in [0.717, 1.165) is 38.5 Å². The number of carbonyl (C=O) groups excluding carboxylic acids is 1. The molecule has 162 valence electrons. The predicted molar refractivity (Wildman–Crippen MR) is 130 cm³/mol. The van der Waals surface area contributed by atoms with Gasteiger partial charge >= 0.3 is 0 Å². The predicted octanol–water partition coefficient (Wildman–Crippen LogP) is 6.14. The molecule has 0 spiro atoms. The van der Waals surface area contributed by atoms with Crippen LogP contribution in [0.4, 0.5) is 17.1 Å². The fraction of sp³-hybridized carbons (Fsp3) is 0.130. The Labute approximate surface area is 192 Å². The molecule has 0 radical (unpaired) electrons. The topological polar surface area (TPSA) is 111 Å². The van der Waals surface area contributed by atoms with E-state index < -0.39 is 4.92 Å². The summed E-state index contributed by atoms with van der Waals surface area (Å²) in [6.07, 6.45) is 1.89. The van der Waals surface area contributed by atoms with Crippen LogP contribution in [0.15, 0.2) is 70.5 Å². The Morgan fingerprint density at radius 3 is 2.38 bits per heavy atom. The van der Waals surface area contributed by atoms with Crippen molar-refractivity contribution in [3.63, 3.8) is 0 Å². The molecule has 0 fully saturated rings. The van der Waals surface area contributed by atoms with Crippen molar-refractivity contribution >= 4 is 56.3 Å². The lowest BCUT2D eigenvalue weighted by atomic mass is 10.2. The van der Waals surface area contributed by atoms with E-state index in [0.29, 0.717) is 16.3 Å². The molecule has 0 aliphatic rings. The van der Waals surface area contributed by atoms with Gasteiger partial charge in [0.1, 0.15) is 9.71 Å². The van der Waals surface area contributed by atoms with Crippen LogP contribution in [0.2, 0.25) is 0 Å². The largest absolute Gasteiger partial charge is 0.397 e. The number of nitro groups is 1. The first-order valence-electron chi connectivity index (χ1n) is 9.96. The van der Waals surface area contributed by atoms with Crippen molar-refractivity contribution in [2.75, 3.05) is 11.1 Å². The van der Waals surface area contributed by atoms with Crippen molar-refractivity contribution < 1.29 is 9.72 Å². The normalized spacial score (nSPS) is 10.9. The molecule has 0 bridgehead atoms. The highest BCUT2D eigenvalue weighted by atomic mass is 32.2. The number of fused-ring (bicyclic) bond motifs is 1. The number of hydrogen-bond donors (Lipinski definition) is 2. The molecule has 2 aromatic carbocycles. The molecule has 2 heterocycles. The first-order valence-corrected chi connectivity index (χ1v) is 11.6. The van der Waals surface area contributed by atoms with Crippen LogP contribution >= 0.6 is 23.1 Å². The third-order valence-electron chi connectivity index (χ3n) is 4.76. The standard InChI is InChI=1S/C23H20N4O3S2/c1-2-3-14-6-13-19-20(24)21(32-23(19)26-14)22(28)25-15-4-9-17(10-5-15)31-18-11-7-16(8-12-18)27(29)30/h4-13H,2-3,24H2,1H3,(H,25,28). The van der Waals surface area contributed by atoms with Gasteiger partial charge in [-0.3, -0.25) is 14.9 Å². The van der Waals surface area contributed by atoms with Gasteiger partial charge in [-0.15, -0.1) is 11.3 Å². The number of thiophene rings is 1. The number of nitrogen functional groups attached to an aromatic ring is 1. The maximum atomic E-state index is 12.8. The summed E-state index contributed by atoms with van der Waals surface area (Å²) in [5.41, 5.74) is 8.38. The first kappa shape index (κ1) is 21.8. The van der Waals surface area contributed by atoms with Gasteiger partial charge in [-0.25, -0.2) is 4.98 Å². The molecule has 32 heavy (non-hydrogen) atoms. The SMILES string of the molecule is CCCc1ccc2c(N)c(C(=O)Nc3ccc(Sc4ccc([N+](=O)[O-])cc4)cc3)sc2n1. The van der Waals surface area contributed by atoms with Crippen LogP contribution in [0.25, 0.3) is 10.2 Å². The van der Waals surface area contributed by atoms with E-state index in [1.807, 2.05) is 36.4 Å². The summed E-state index contributed by atoms with van der Waals surface area (Å²) in [5, 5.41) is 14.5. The molecule has 7 nitrogen and oxygen atoms in total. The average molecular weight is 465 g/mol. The number of aromatic nitrogens is 1. The van der Waals surface area contributed by atoms with Gasteiger partial charge in [0.05, 0.1) is 10.6 Å². The minimum absolute atomic E-state index is 0.0599. The number of hydrogen-bond acceptors (Lipinski definition) is 7. The lowest BCUT2D eigenvalue weighted by molar-refractivity contribution is -0.384. The number of rotatable bonds is 7. The van der Waals surface area contributed by atoms with Crippen LogP contribution in [-0.2, 0) is 6.42 Å². The summed E-state index contributed by atoms with van der Waals surface area (Å²) in [6, 6.07) is 17.7. The Kier molecular flexibility index (Phi) is 6.38. The zero-order chi connectivity index (χ0) is 22.7. The number of nitrogens with two attached hydrogens (primary N) is 1. The number of benzene rings is 2.